The molecule has 0 unspecified atom stereocenters. The summed E-state index contributed by atoms with van der Waals surface area (Å²) in [5, 5.41) is 25.9. The minimum Gasteiger partial charge on any atom is -0.693 e. The molecular formula is C7H11F3N2O5Pt. The van der Waals surface area contributed by atoms with Crippen molar-refractivity contribution in [3.05, 3.63) is 12.3 Å². The predicted molar refractivity (Wildman–Crippen MR) is 48.5 cm³/mol. The van der Waals surface area contributed by atoms with Gasteiger partial charge in [0.2, 0.25) is 0 Å². The summed E-state index contributed by atoms with van der Waals surface area (Å²) in [6.45, 7) is 0. The first-order valence-electron chi connectivity index (χ1n) is 3.81. The Labute approximate surface area is 114 Å². The van der Waals surface area contributed by atoms with Crippen LogP contribution in [0.25, 0.3) is 12.3 Å². The van der Waals surface area contributed by atoms with Gasteiger partial charge in [-0.05, 0) is 0 Å². The van der Waals surface area contributed by atoms with Crippen LogP contribution in [-0.4, -0.2) is 39.0 Å². The van der Waals surface area contributed by atoms with Gasteiger partial charge in [-0.15, -0.1) is 0 Å². The van der Waals surface area contributed by atoms with E-state index in [-0.39, 0.29) is 33.4 Å². The summed E-state index contributed by atoms with van der Waals surface area (Å²) in [6.07, 6.45) is -7.72. The molecule has 0 aliphatic heterocycles. The van der Waals surface area contributed by atoms with Crippen LogP contribution in [0, 0.1) is 5.41 Å². The van der Waals surface area contributed by atoms with Crippen LogP contribution in [0.2, 0.25) is 0 Å². The van der Waals surface area contributed by atoms with Gasteiger partial charge in [0.25, 0.3) is 0 Å². The second-order valence-electron chi connectivity index (χ2n) is 3.58. The predicted octanol–water partition coefficient (Wildman–Crippen LogP) is 1.66. The summed E-state index contributed by atoms with van der Waals surface area (Å²) < 4.78 is 36.4. The molecule has 0 bridgehead atoms. The van der Waals surface area contributed by atoms with Gasteiger partial charge in [-0.3, -0.25) is 9.59 Å². The average Bonchev–Trinajstić information content (AvgIpc) is 1.94. The van der Waals surface area contributed by atoms with Crippen LogP contribution in [0.1, 0.15) is 12.8 Å². The van der Waals surface area contributed by atoms with Crippen LogP contribution >= 0.6 is 0 Å². The molecule has 0 radical (unpaired) electrons. The molecule has 1 aliphatic carbocycles. The first kappa shape index (κ1) is 22.5. The van der Waals surface area contributed by atoms with Gasteiger partial charge in [0, 0.05) is 12.8 Å². The van der Waals surface area contributed by atoms with E-state index in [9.17, 15) is 22.8 Å². The minimum absolute atomic E-state index is 0. The van der Waals surface area contributed by atoms with E-state index in [0.717, 1.165) is 0 Å². The molecule has 0 heterocycles. The van der Waals surface area contributed by atoms with E-state index in [1.807, 2.05) is 0 Å². The first-order chi connectivity index (χ1) is 6.55. The number of rotatable bonds is 2. The number of aliphatic hydroxyl groups is 1. The monoisotopic (exact) mass is 455 g/mol. The van der Waals surface area contributed by atoms with Gasteiger partial charge >= 0.3 is 39.2 Å². The Balaban J connectivity index is -0.000000750. The van der Waals surface area contributed by atoms with Crippen molar-refractivity contribution in [1.82, 2.24) is 0 Å². The Morgan fingerprint density at radius 2 is 1.28 bits per heavy atom. The summed E-state index contributed by atoms with van der Waals surface area (Å²) >= 11 is 0. The summed E-state index contributed by atoms with van der Waals surface area (Å²) in [5.74, 6) is -3.74. The molecule has 18 heavy (non-hydrogen) atoms. The van der Waals surface area contributed by atoms with Gasteiger partial charge in [-0.25, -0.2) is 0 Å². The maximum absolute atomic E-state index is 12.1. The molecule has 0 atom stereocenters. The topological polar surface area (TPSA) is 162 Å². The van der Waals surface area contributed by atoms with E-state index in [4.69, 9.17) is 15.3 Å². The molecule has 110 valence electrons. The molecule has 0 amide bonds. The van der Waals surface area contributed by atoms with E-state index in [1.54, 1.807) is 0 Å². The third-order valence-corrected chi connectivity index (χ3v) is 2.53. The number of nitrogens with two attached hydrogens (primary N) is 2. The van der Waals surface area contributed by atoms with Gasteiger partial charge in [0.05, 0.1) is 0 Å². The third-order valence-electron chi connectivity index (χ3n) is 2.53. The summed E-state index contributed by atoms with van der Waals surface area (Å²) in [4.78, 5) is 21.0. The fourth-order valence-corrected chi connectivity index (χ4v) is 1.54. The van der Waals surface area contributed by atoms with Crippen molar-refractivity contribution >= 4 is 11.9 Å². The number of carboxylic acid groups (broad SMARTS) is 2. The van der Waals surface area contributed by atoms with Crippen molar-refractivity contribution < 1.29 is 59.1 Å². The molecular weight excluding hydrogens is 444 g/mol. The van der Waals surface area contributed by atoms with Gasteiger partial charge in [-0.1, -0.05) is 0 Å². The molecule has 0 spiro atoms. The molecule has 1 aliphatic rings. The standard InChI is InChI=1S/C7H7F3O5.2H2N.Pt/c8-7(9,10)6(15)1-5(2-6,3(11)12)4(13)14;;;/h15H,1-2H2,(H,11,12)(H,13,14);2*1H2;/q;2*-1;+2. The smallest absolute Gasteiger partial charge is 0.693 e. The van der Waals surface area contributed by atoms with Gasteiger partial charge in [0.1, 0.15) is 0 Å². The number of aliphatic carboxylic acids is 2. The van der Waals surface area contributed by atoms with Crippen LogP contribution < -0.4 is 0 Å². The molecule has 0 aromatic rings. The molecule has 0 saturated heterocycles. The molecule has 0 aromatic carbocycles. The summed E-state index contributed by atoms with van der Waals surface area (Å²) in [6, 6.07) is 0. The van der Waals surface area contributed by atoms with Gasteiger partial charge in [0.15, 0.2) is 11.0 Å². The minimum atomic E-state index is -5.01. The maximum atomic E-state index is 12.1. The number of hydrogen-bond donors (Lipinski definition) is 3. The third kappa shape index (κ3) is 3.00. The average molecular weight is 455 g/mol. The molecule has 1 saturated carbocycles. The van der Waals surface area contributed by atoms with E-state index in [0.29, 0.717) is 0 Å². The quantitative estimate of drug-likeness (QED) is 0.539. The van der Waals surface area contributed by atoms with Gasteiger partial charge < -0.3 is 27.6 Å². The maximum Gasteiger partial charge on any atom is 2.00 e. The number of alkyl halides is 3. The van der Waals surface area contributed by atoms with Crippen LogP contribution in [0.5, 0.6) is 0 Å². The van der Waals surface area contributed by atoms with E-state index < -0.39 is 42.0 Å². The van der Waals surface area contributed by atoms with Crippen LogP contribution in [0.15, 0.2) is 0 Å². The SMILES string of the molecule is O=C(O)C1(C(=O)O)CC(O)(C(F)(F)F)C1.[NH2-].[NH2-].[Pt+2]. The molecule has 7 N–H and O–H groups in total. The molecule has 0 aromatic heterocycles. The Morgan fingerprint density at radius 3 is 1.44 bits per heavy atom. The zero-order valence-electron chi connectivity index (χ0n) is 8.68. The van der Waals surface area contributed by atoms with Crippen molar-refractivity contribution in [3.8, 4) is 0 Å². The summed E-state index contributed by atoms with van der Waals surface area (Å²) in [7, 11) is 0. The van der Waals surface area contributed by atoms with E-state index in [1.165, 1.54) is 0 Å². The zero-order valence-corrected chi connectivity index (χ0v) is 10.9. The second kappa shape index (κ2) is 5.96. The molecule has 1 rings (SSSR count). The Morgan fingerprint density at radius 1 is 1.00 bits per heavy atom. The fraction of sp³-hybridized carbons (Fsp3) is 0.714. The largest absolute Gasteiger partial charge is 2.00 e. The van der Waals surface area contributed by atoms with E-state index >= 15 is 0 Å². The Bertz CT molecular complexity index is 314. The van der Waals surface area contributed by atoms with Crippen molar-refractivity contribution in [3.63, 3.8) is 0 Å². The first-order valence-corrected chi connectivity index (χ1v) is 3.81. The normalized spacial score (nSPS) is 19.1. The number of hydrogen-bond acceptors (Lipinski definition) is 3. The van der Waals surface area contributed by atoms with Gasteiger partial charge in [-0.2, -0.15) is 13.2 Å². The van der Waals surface area contributed by atoms with Crippen molar-refractivity contribution in [2.24, 2.45) is 5.41 Å². The fourth-order valence-electron chi connectivity index (χ4n) is 1.54. The number of carboxylic acids is 2. The van der Waals surface area contributed by atoms with Crippen molar-refractivity contribution in [2.45, 2.75) is 24.6 Å². The van der Waals surface area contributed by atoms with Crippen LogP contribution in [0.3, 0.4) is 0 Å². The molecule has 1 fully saturated rings. The summed E-state index contributed by atoms with van der Waals surface area (Å²) in [5.41, 5.74) is -5.73. The van der Waals surface area contributed by atoms with Crippen LogP contribution in [-0.2, 0) is 30.7 Å². The Hall–Kier alpha value is -0.702. The Kier molecular flexibility index (Phi) is 7.44. The van der Waals surface area contributed by atoms with Crippen molar-refractivity contribution in [2.75, 3.05) is 0 Å². The number of halogens is 3. The molecule has 11 heteroatoms. The second-order valence-corrected chi connectivity index (χ2v) is 3.58. The molecule has 7 nitrogen and oxygen atoms in total. The van der Waals surface area contributed by atoms with Crippen LogP contribution in [0.4, 0.5) is 13.2 Å². The zero-order chi connectivity index (χ0) is 12.1. The van der Waals surface area contributed by atoms with E-state index in [2.05, 4.69) is 0 Å². The number of carbonyl (C=O) groups is 2. The van der Waals surface area contributed by atoms with Crippen molar-refractivity contribution in [1.29, 1.82) is 0 Å².